The Morgan fingerprint density at radius 2 is 2.05 bits per heavy atom. The fraction of sp³-hybridized carbons (Fsp3) is 0.231. The molecule has 0 bridgehead atoms. The lowest BCUT2D eigenvalue weighted by molar-refractivity contribution is -0.140. The summed E-state index contributed by atoms with van der Waals surface area (Å²) >= 11 is 0. The molecular formula is C13H14N2O4. The first-order valence-electron chi connectivity index (χ1n) is 5.73. The van der Waals surface area contributed by atoms with Gasteiger partial charge in [0.2, 0.25) is 0 Å². The van der Waals surface area contributed by atoms with E-state index in [0.717, 1.165) is 10.9 Å². The normalized spacial score (nSPS) is 12.3. The molecule has 1 aromatic carbocycles. The molecule has 1 heterocycles. The highest BCUT2D eigenvalue weighted by atomic mass is 16.4. The summed E-state index contributed by atoms with van der Waals surface area (Å²) in [5, 5.41) is 20.7. The van der Waals surface area contributed by atoms with Crippen LogP contribution in [0.25, 0.3) is 10.9 Å². The van der Waals surface area contributed by atoms with Gasteiger partial charge in [0.25, 0.3) is 5.91 Å². The van der Waals surface area contributed by atoms with Crippen LogP contribution in [0.4, 0.5) is 0 Å². The van der Waals surface area contributed by atoms with Gasteiger partial charge in [-0.05, 0) is 6.07 Å². The highest BCUT2D eigenvalue weighted by Gasteiger charge is 2.21. The van der Waals surface area contributed by atoms with Gasteiger partial charge in [0.1, 0.15) is 0 Å². The van der Waals surface area contributed by atoms with Crippen LogP contribution in [0.2, 0.25) is 0 Å². The van der Waals surface area contributed by atoms with E-state index in [1.165, 1.54) is 0 Å². The molecule has 0 fully saturated rings. The third kappa shape index (κ3) is 2.43. The number of nitrogens with one attached hydrogen (secondary N) is 1. The van der Waals surface area contributed by atoms with Crippen LogP contribution in [0.5, 0.6) is 0 Å². The van der Waals surface area contributed by atoms with Gasteiger partial charge < -0.3 is 20.1 Å². The fourth-order valence-electron chi connectivity index (χ4n) is 1.94. The molecule has 0 radical (unpaired) electrons. The lowest BCUT2D eigenvalue weighted by atomic mass is 10.1. The zero-order chi connectivity index (χ0) is 14.0. The quantitative estimate of drug-likeness (QED) is 0.741. The number of carboxylic acid groups (broad SMARTS) is 1. The number of hydrogen-bond acceptors (Lipinski definition) is 3. The first-order chi connectivity index (χ1) is 9.04. The molecular weight excluding hydrogens is 248 g/mol. The van der Waals surface area contributed by atoms with Crippen molar-refractivity contribution < 1.29 is 19.8 Å². The number of aliphatic hydroxyl groups is 1. The number of nitrogens with zero attached hydrogens (tertiary/aromatic N) is 1. The Hall–Kier alpha value is -2.34. The molecule has 0 aliphatic rings. The van der Waals surface area contributed by atoms with Crippen molar-refractivity contribution in [2.45, 2.75) is 6.04 Å². The molecule has 2 aromatic rings. The molecule has 0 saturated carbocycles. The van der Waals surface area contributed by atoms with E-state index in [-0.39, 0.29) is 0 Å². The van der Waals surface area contributed by atoms with E-state index in [4.69, 9.17) is 10.2 Å². The third-order valence-corrected chi connectivity index (χ3v) is 2.93. The van der Waals surface area contributed by atoms with Crippen LogP contribution in [0.3, 0.4) is 0 Å². The number of carbonyl (C=O) groups is 2. The number of hydrogen-bond donors (Lipinski definition) is 3. The van der Waals surface area contributed by atoms with Crippen molar-refractivity contribution in [2.75, 3.05) is 6.61 Å². The number of aliphatic hydroxyl groups excluding tert-OH is 1. The maximum atomic E-state index is 12.0. The molecule has 2 rings (SSSR count). The fourth-order valence-corrected chi connectivity index (χ4v) is 1.94. The van der Waals surface area contributed by atoms with Crippen LogP contribution >= 0.6 is 0 Å². The number of rotatable bonds is 4. The summed E-state index contributed by atoms with van der Waals surface area (Å²) < 4.78 is 1.79. The van der Waals surface area contributed by atoms with Gasteiger partial charge in [0.15, 0.2) is 6.04 Å². The molecule has 100 valence electrons. The number of fused-ring (bicyclic) bond motifs is 1. The molecule has 1 aromatic heterocycles. The summed E-state index contributed by atoms with van der Waals surface area (Å²) in [6, 6.07) is 6.02. The Morgan fingerprint density at radius 1 is 1.37 bits per heavy atom. The largest absolute Gasteiger partial charge is 0.480 e. The Bertz CT molecular complexity index is 633. The lowest BCUT2D eigenvalue weighted by Gasteiger charge is -2.10. The van der Waals surface area contributed by atoms with Crippen molar-refractivity contribution in [1.29, 1.82) is 0 Å². The molecule has 0 aliphatic heterocycles. The van der Waals surface area contributed by atoms with Crippen molar-refractivity contribution in [3.05, 3.63) is 36.0 Å². The van der Waals surface area contributed by atoms with Crippen LogP contribution in [0.15, 0.2) is 30.5 Å². The number of para-hydroxylation sites is 1. The topological polar surface area (TPSA) is 91.6 Å². The summed E-state index contributed by atoms with van der Waals surface area (Å²) in [5.74, 6) is -1.78. The van der Waals surface area contributed by atoms with E-state index >= 15 is 0 Å². The summed E-state index contributed by atoms with van der Waals surface area (Å²) in [6.45, 7) is -0.647. The summed E-state index contributed by atoms with van der Waals surface area (Å²) in [6.07, 6.45) is 1.64. The van der Waals surface area contributed by atoms with Gasteiger partial charge in [-0.2, -0.15) is 0 Å². The average molecular weight is 262 g/mol. The second kappa shape index (κ2) is 5.11. The second-order valence-electron chi connectivity index (χ2n) is 4.22. The van der Waals surface area contributed by atoms with E-state index < -0.39 is 24.5 Å². The highest BCUT2D eigenvalue weighted by molar-refractivity contribution is 6.07. The predicted molar refractivity (Wildman–Crippen MR) is 68.9 cm³/mol. The monoisotopic (exact) mass is 262 g/mol. The Balaban J connectivity index is 2.34. The SMILES string of the molecule is Cn1cc(C(=O)NC(CO)C(=O)O)c2ccccc21. The van der Waals surface area contributed by atoms with Crippen LogP contribution in [0.1, 0.15) is 10.4 Å². The molecule has 6 nitrogen and oxygen atoms in total. The van der Waals surface area contributed by atoms with E-state index in [1.54, 1.807) is 29.9 Å². The van der Waals surface area contributed by atoms with Gasteiger partial charge in [0.05, 0.1) is 12.2 Å². The number of aryl methyl sites for hydroxylation is 1. The van der Waals surface area contributed by atoms with E-state index in [9.17, 15) is 9.59 Å². The Morgan fingerprint density at radius 3 is 2.68 bits per heavy atom. The molecule has 0 saturated heterocycles. The van der Waals surface area contributed by atoms with Crippen molar-refractivity contribution >= 4 is 22.8 Å². The minimum Gasteiger partial charge on any atom is -0.480 e. The van der Waals surface area contributed by atoms with Crippen molar-refractivity contribution in [3.8, 4) is 0 Å². The predicted octanol–water partition coefficient (Wildman–Crippen LogP) is 0.354. The van der Waals surface area contributed by atoms with E-state index in [1.807, 2.05) is 12.1 Å². The van der Waals surface area contributed by atoms with Crippen LogP contribution in [0, 0.1) is 0 Å². The second-order valence-corrected chi connectivity index (χ2v) is 4.22. The molecule has 0 aliphatic carbocycles. The first kappa shape index (κ1) is 13.1. The smallest absolute Gasteiger partial charge is 0.328 e. The van der Waals surface area contributed by atoms with Crippen molar-refractivity contribution in [3.63, 3.8) is 0 Å². The maximum Gasteiger partial charge on any atom is 0.328 e. The molecule has 1 atom stereocenters. The number of aromatic nitrogens is 1. The van der Waals surface area contributed by atoms with Crippen LogP contribution < -0.4 is 5.32 Å². The molecule has 1 unspecified atom stereocenters. The van der Waals surface area contributed by atoms with Gasteiger partial charge in [0, 0.05) is 24.1 Å². The van der Waals surface area contributed by atoms with Gasteiger partial charge in [-0.1, -0.05) is 18.2 Å². The average Bonchev–Trinajstić information content (AvgIpc) is 2.73. The zero-order valence-corrected chi connectivity index (χ0v) is 10.3. The number of carboxylic acids is 1. The van der Waals surface area contributed by atoms with Gasteiger partial charge in [-0.25, -0.2) is 4.79 Å². The van der Waals surface area contributed by atoms with Gasteiger partial charge in [-0.15, -0.1) is 0 Å². The number of amides is 1. The Kier molecular flexibility index (Phi) is 3.52. The molecule has 1 amide bonds. The van der Waals surface area contributed by atoms with Crippen LogP contribution in [-0.4, -0.2) is 39.3 Å². The lowest BCUT2D eigenvalue weighted by Crippen LogP contribution is -2.43. The van der Waals surface area contributed by atoms with Crippen LogP contribution in [-0.2, 0) is 11.8 Å². The molecule has 19 heavy (non-hydrogen) atoms. The number of aliphatic carboxylic acids is 1. The Labute approximate surface area is 109 Å². The van der Waals surface area contributed by atoms with Gasteiger partial charge in [-0.3, -0.25) is 4.79 Å². The highest BCUT2D eigenvalue weighted by Crippen LogP contribution is 2.20. The summed E-state index contributed by atoms with van der Waals surface area (Å²) in [7, 11) is 1.81. The summed E-state index contributed by atoms with van der Waals surface area (Å²) in [4.78, 5) is 22.8. The van der Waals surface area contributed by atoms with E-state index in [2.05, 4.69) is 5.32 Å². The minimum absolute atomic E-state index is 0.387. The first-order valence-corrected chi connectivity index (χ1v) is 5.73. The zero-order valence-electron chi connectivity index (χ0n) is 10.3. The van der Waals surface area contributed by atoms with E-state index in [0.29, 0.717) is 5.56 Å². The number of carbonyl (C=O) groups excluding carboxylic acids is 1. The summed E-state index contributed by atoms with van der Waals surface area (Å²) in [5.41, 5.74) is 1.27. The molecule has 3 N–H and O–H groups in total. The standard InChI is InChI=1S/C13H14N2O4/c1-15-6-9(8-4-2-3-5-11(8)15)12(17)14-10(7-16)13(18)19/h2-6,10,16H,7H2,1H3,(H,14,17)(H,18,19). The van der Waals surface area contributed by atoms with Crippen molar-refractivity contribution in [2.24, 2.45) is 7.05 Å². The minimum atomic E-state index is -1.30. The third-order valence-electron chi connectivity index (χ3n) is 2.93. The molecule has 0 spiro atoms. The maximum absolute atomic E-state index is 12.0. The van der Waals surface area contributed by atoms with Crippen molar-refractivity contribution in [1.82, 2.24) is 9.88 Å². The molecule has 6 heteroatoms. The van der Waals surface area contributed by atoms with Gasteiger partial charge >= 0.3 is 5.97 Å². The number of benzene rings is 1.